The minimum atomic E-state index is -0.329. The number of aromatic nitrogens is 1. The molecule has 0 bridgehead atoms. The van der Waals surface area contributed by atoms with Crippen molar-refractivity contribution in [1.82, 2.24) is 4.98 Å². The summed E-state index contributed by atoms with van der Waals surface area (Å²) < 4.78 is 17.4. The highest BCUT2D eigenvalue weighted by atomic mass is 79.9. The van der Waals surface area contributed by atoms with E-state index in [1.807, 2.05) is 24.3 Å². The number of halogens is 1. The van der Waals surface area contributed by atoms with E-state index in [4.69, 9.17) is 14.2 Å². The molecule has 130 valence electrons. The quantitative estimate of drug-likeness (QED) is 0.662. The molecular weight excluding hydrogens is 408 g/mol. The first-order valence-electron chi connectivity index (χ1n) is 7.24. The molecule has 2 aromatic carbocycles. The van der Waals surface area contributed by atoms with Gasteiger partial charge in [0.05, 0.1) is 41.6 Å². The molecule has 0 spiro atoms. The van der Waals surface area contributed by atoms with E-state index in [0.717, 1.165) is 10.2 Å². The minimum absolute atomic E-state index is 0.329. The molecule has 1 N–H and O–H groups in total. The molecule has 0 aliphatic rings. The van der Waals surface area contributed by atoms with Gasteiger partial charge in [0.15, 0.2) is 16.6 Å². The Balaban J connectivity index is 1.98. The van der Waals surface area contributed by atoms with Crippen molar-refractivity contribution >= 4 is 48.5 Å². The lowest BCUT2D eigenvalue weighted by Gasteiger charge is -2.16. The zero-order valence-corrected chi connectivity index (χ0v) is 16.2. The first kappa shape index (κ1) is 17.5. The molecule has 0 aliphatic carbocycles. The molecule has 0 saturated heterocycles. The van der Waals surface area contributed by atoms with Gasteiger partial charge in [-0.3, -0.25) is 10.1 Å². The van der Waals surface area contributed by atoms with Gasteiger partial charge in [-0.15, -0.1) is 0 Å². The number of fused-ring (bicyclic) bond motifs is 1. The number of hydrogen-bond acceptors (Lipinski definition) is 6. The largest absolute Gasteiger partial charge is 0.493 e. The van der Waals surface area contributed by atoms with E-state index in [1.54, 1.807) is 6.07 Å². The summed E-state index contributed by atoms with van der Waals surface area (Å²) in [4.78, 5) is 17.1. The summed E-state index contributed by atoms with van der Waals surface area (Å²) in [6.07, 6.45) is 0. The van der Waals surface area contributed by atoms with Crippen LogP contribution in [0, 0.1) is 0 Å². The van der Waals surface area contributed by atoms with Crippen LogP contribution in [0.25, 0.3) is 10.2 Å². The molecule has 3 rings (SSSR count). The number of ether oxygens (including phenoxy) is 3. The fourth-order valence-electron chi connectivity index (χ4n) is 2.38. The number of thiazole rings is 1. The number of anilines is 1. The standard InChI is InChI=1S/C17H15BrN2O4S/c1-22-11-8-9(13(18)15(24-3)14(11)23-2)16(21)20-17-19-10-6-4-5-7-12(10)25-17/h4-8H,1-3H3,(H,19,20,21). The summed E-state index contributed by atoms with van der Waals surface area (Å²) in [5.74, 6) is 0.867. The molecule has 1 heterocycles. The molecule has 1 amide bonds. The van der Waals surface area contributed by atoms with Crippen molar-refractivity contribution in [1.29, 1.82) is 0 Å². The number of carbonyl (C=O) groups is 1. The maximum atomic E-state index is 12.7. The molecule has 0 aliphatic heterocycles. The molecular formula is C17H15BrN2O4S. The van der Waals surface area contributed by atoms with Crippen molar-refractivity contribution in [3.05, 3.63) is 40.4 Å². The van der Waals surface area contributed by atoms with Gasteiger partial charge in [0.2, 0.25) is 5.75 Å². The van der Waals surface area contributed by atoms with Crippen LogP contribution in [0.1, 0.15) is 10.4 Å². The van der Waals surface area contributed by atoms with Crippen LogP contribution >= 0.6 is 27.3 Å². The van der Waals surface area contributed by atoms with Crippen molar-refractivity contribution < 1.29 is 19.0 Å². The average Bonchev–Trinajstić information content (AvgIpc) is 3.03. The Morgan fingerprint density at radius 2 is 1.84 bits per heavy atom. The smallest absolute Gasteiger partial charge is 0.258 e. The van der Waals surface area contributed by atoms with Gasteiger partial charge in [-0.25, -0.2) is 4.98 Å². The number of benzene rings is 2. The van der Waals surface area contributed by atoms with Gasteiger partial charge in [0.1, 0.15) is 0 Å². The third-order valence-corrected chi connectivity index (χ3v) is 5.27. The summed E-state index contributed by atoms with van der Waals surface area (Å²) in [6, 6.07) is 9.29. The fraction of sp³-hybridized carbons (Fsp3) is 0.176. The second-order valence-electron chi connectivity index (χ2n) is 4.95. The number of carbonyl (C=O) groups excluding carboxylic acids is 1. The molecule has 0 fully saturated rings. The lowest BCUT2D eigenvalue weighted by molar-refractivity contribution is 0.102. The molecule has 3 aromatic rings. The number of para-hydroxylation sites is 1. The van der Waals surface area contributed by atoms with Crippen LogP contribution in [-0.2, 0) is 0 Å². The second kappa shape index (κ2) is 7.28. The van der Waals surface area contributed by atoms with Gasteiger partial charge >= 0.3 is 0 Å². The Bertz CT molecular complexity index is 909. The number of nitrogens with zero attached hydrogens (tertiary/aromatic N) is 1. The normalized spacial score (nSPS) is 10.6. The molecule has 0 saturated carbocycles. The number of rotatable bonds is 5. The minimum Gasteiger partial charge on any atom is -0.493 e. The highest BCUT2D eigenvalue weighted by molar-refractivity contribution is 9.10. The van der Waals surface area contributed by atoms with Crippen molar-refractivity contribution in [2.75, 3.05) is 26.6 Å². The topological polar surface area (TPSA) is 69.7 Å². The average molecular weight is 423 g/mol. The van der Waals surface area contributed by atoms with Crippen LogP contribution in [0.3, 0.4) is 0 Å². The predicted molar refractivity (Wildman–Crippen MR) is 101 cm³/mol. The van der Waals surface area contributed by atoms with Gasteiger partial charge in [-0.05, 0) is 34.1 Å². The SMILES string of the molecule is COc1cc(C(=O)Nc2nc3ccccc3s2)c(Br)c(OC)c1OC. The Morgan fingerprint density at radius 1 is 1.12 bits per heavy atom. The zero-order valence-electron chi connectivity index (χ0n) is 13.8. The summed E-state index contributed by atoms with van der Waals surface area (Å²) in [5, 5.41) is 3.34. The third kappa shape index (κ3) is 3.27. The first-order valence-corrected chi connectivity index (χ1v) is 8.85. The van der Waals surface area contributed by atoms with E-state index in [9.17, 15) is 4.79 Å². The Labute approximate surface area is 156 Å². The van der Waals surface area contributed by atoms with Crippen LogP contribution in [0.5, 0.6) is 17.2 Å². The molecule has 0 atom stereocenters. The summed E-state index contributed by atoms with van der Waals surface area (Å²) in [5.41, 5.74) is 1.19. The fourth-order valence-corrected chi connectivity index (χ4v) is 3.87. The first-order chi connectivity index (χ1) is 12.1. The molecule has 0 radical (unpaired) electrons. The van der Waals surface area contributed by atoms with E-state index in [-0.39, 0.29) is 5.91 Å². The highest BCUT2D eigenvalue weighted by Gasteiger charge is 2.23. The highest BCUT2D eigenvalue weighted by Crippen LogP contribution is 2.45. The summed E-state index contributed by atoms with van der Waals surface area (Å²) in [6.45, 7) is 0. The number of amides is 1. The van der Waals surface area contributed by atoms with Crippen LogP contribution in [0.2, 0.25) is 0 Å². The Morgan fingerprint density at radius 3 is 2.48 bits per heavy atom. The van der Waals surface area contributed by atoms with Crippen molar-refractivity contribution in [2.24, 2.45) is 0 Å². The molecule has 25 heavy (non-hydrogen) atoms. The van der Waals surface area contributed by atoms with Gasteiger partial charge in [0, 0.05) is 0 Å². The van der Waals surface area contributed by atoms with Gasteiger partial charge in [-0.1, -0.05) is 23.5 Å². The number of methoxy groups -OCH3 is 3. The van der Waals surface area contributed by atoms with Gasteiger partial charge in [-0.2, -0.15) is 0 Å². The van der Waals surface area contributed by atoms with E-state index in [0.29, 0.717) is 32.4 Å². The van der Waals surface area contributed by atoms with Crippen LogP contribution < -0.4 is 19.5 Å². The maximum Gasteiger partial charge on any atom is 0.258 e. The molecule has 0 unspecified atom stereocenters. The van der Waals surface area contributed by atoms with Crippen molar-refractivity contribution in [2.45, 2.75) is 0 Å². The Kier molecular flexibility index (Phi) is 5.10. The number of hydrogen-bond donors (Lipinski definition) is 1. The monoisotopic (exact) mass is 422 g/mol. The van der Waals surface area contributed by atoms with Gasteiger partial charge in [0.25, 0.3) is 5.91 Å². The number of nitrogens with one attached hydrogen (secondary N) is 1. The second-order valence-corrected chi connectivity index (χ2v) is 6.77. The molecule has 1 aromatic heterocycles. The lowest BCUT2D eigenvalue weighted by atomic mass is 10.1. The van der Waals surface area contributed by atoms with Crippen LogP contribution in [-0.4, -0.2) is 32.2 Å². The van der Waals surface area contributed by atoms with Crippen molar-refractivity contribution in [3.63, 3.8) is 0 Å². The zero-order chi connectivity index (χ0) is 18.0. The van der Waals surface area contributed by atoms with E-state index in [2.05, 4.69) is 26.2 Å². The van der Waals surface area contributed by atoms with E-state index < -0.39 is 0 Å². The van der Waals surface area contributed by atoms with E-state index in [1.165, 1.54) is 32.7 Å². The third-order valence-electron chi connectivity index (χ3n) is 3.53. The summed E-state index contributed by atoms with van der Waals surface area (Å²) >= 11 is 4.81. The lowest BCUT2D eigenvalue weighted by Crippen LogP contribution is -2.13. The van der Waals surface area contributed by atoms with E-state index >= 15 is 0 Å². The van der Waals surface area contributed by atoms with Crippen molar-refractivity contribution in [3.8, 4) is 17.2 Å². The van der Waals surface area contributed by atoms with Crippen LogP contribution in [0.4, 0.5) is 5.13 Å². The maximum absolute atomic E-state index is 12.7. The Hall–Kier alpha value is -2.32. The van der Waals surface area contributed by atoms with Gasteiger partial charge < -0.3 is 14.2 Å². The molecule has 6 nitrogen and oxygen atoms in total. The molecule has 8 heteroatoms. The predicted octanol–water partition coefficient (Wildman–Crippen LogP) is 4.34. The summed E-state index contributed by atoms with van der Waals surface area (Å²) in [7, 11) is 4.51. The van der Waals surface area contributed by atoms with Crippen LogP contribution in [0.15, 0.2) is 34.8 Å².